The van der Waals surface area contributed by atoms with E-state index >= 15 is 0 Å². The molecule has 3 aromatic rings. The predicted octanol–water partition coefficient (Wildman–Crippen LogP) is 2.69. The zero-order valence-electron chi connectivity index (χ0n) is 13.6. The molecule has 0 aliphatic carbocycles. The first-order valence-corrected chi connectivity index (χ1v) is 8.14. The summed E-state index contributed by atoms with van der Waals surface area (Å²) in [4.78, 5) is 16.4. The van der Waals surface area contributed by atoms with E-state index in [0.717, 1.165) is 5.56 Å². The van der Waals surface area contributed by atoms with Crippen molar-refractivity contribution >= 4 is 17.5 Å². The molecule has 1 heterocycles. The Kier molecular flexibility index (Phi) is 5.11. The van der Waals surface area contributed by atoms with Gasteiger partial charge < -0.3 is 10.4 Å². The highest BCUT2D eigenvalue weighted by Crippen LogP contribution is 2.20. The number of aliphatic hydroxyl groups is 1. The summed E-state index contributed by atoms with van der Waals surface area (Å²) in [5.41, 5.74) is 1.38. The van der Waals surface area contributed by atoms with Crippen molar-refractivity contribution in [3.8, 4) is 5.69 Å². The zero-order valence-corrected chi connectivity index (χ0v) is 14.3. The second kappa shape index (κ2) is 7.46. The van der Waals surface area contributed by atoms with Crippen LogP contribution in [0.1, 0.15) is 28.1 Å². The summed E-state index contributed by atoms with van der Waals surface area (Å²) in [5.74, 6) is 0.114. The lowest BCUT2D eigenvalue weighted by Gasteiger charge is -2.11. The van der Waals surface area contributed by atoms with Crippen molar-refractivity contribution in [1.82, 2.24) is 20.1 Å². The molecule has 2 N–H and O–H groups in total. The molecule has 0 radical (unpaired) electrons. The van der Waals surface area contributed by atoms with Crippen molar-refractivity contribution in [3.05, 3.63) is 76.8 Å². The van der Waals surface area contributed by atoms with Gasteiger partial charge in [0.1, 0.15) is 5.82 Å². The number of aryl methyl sites for hydroxylation is 1. The van der Waals surface area contributed by atoms with Gasteiger partial charge in [0.15, 0.2) is 0 Å². The van der Waals surface area contributed by atoms with Crippen LogP contribution < -0.4 is 5.32 Å². The monoisotopic (exact) mass is 356 g/mol. The summed E-state index contributed by atoms with van der Waals surface area (Å²) in [5, 5.41) is 17.5. The molecule has 128 valence electrons. The fourth-order valence-corrected chi connectivity index (χ4v) is 2.62. The third-order valence-corrected chi connectivity index (χ3v) is 4.01. The number of aliphatic hydroxyl groups excluding tert-OH is 1. The molecular weight excluding hydrogens is 340 g/mol. The van der Waals surface area contributed by atoms with E-state index in [1.165, 1.54) is 4.68 Å². The van der Waals surface area contributed by atoms with Crippen molar-refractivity contribution in [3.63, 3.8) is 0 Å². The molecule has 0 spiro atoms. The average Bonchev–Trinajstić information content (AvgIpc) is 3.02. The van der Waals surface area contributed by atoms with Crippen LogP contribution in [0.3, 0.4) is 0 Å². The van der Waals surface area contributed by atoms with Crippen molar-refractivity contribution in [2.45, 2.75) is 13.0 Å². The number of hydrogen-bond donors (Lipinski definition) is 2. The van der Waals surface area contributed by atoms with Crippen LogP contribution in [0.15, 0.2) is 54.6 Å². The maximum absolute atomic E-state index is 12.3. The molecule has 3 rings (SSSR count). The van der Waals surface area contributed by atoms with E-state index in [-0.39, 0.29) is 12.4 Å². The van der Waals surface area contributed by atoms with E-state index in [1.807, 2.05) is 30.3 Å². The number of para-hydroxylation sites is 1. The van der Waals surface area contributed by atoms with Crippen LogP contribution in [0, 0.1) is 6.92 Å². The second-order valence-corrected chi connectivity index (χ2v) is 5.89. The maximum Gasteiger partial charge on any atom is 0.291 e. The van der Waals surface area contributed by atoms with E-state index in [2.05, 4.69) is 15.4 Å². The number of hydrogen-bond acceptors (Lipinski definition) is 4. The molecule has 0 aliphatic rings. The molecular formula is C18H17ClN4O2. The van der Waals surface area contributed by atoms with Gasteiger partial charge in [-0.2, -0.15) is 0 Å². The number of halogens is 1. The summed E-state index contributed by atoms with van der Waals surface area (Å²) in [6.07, 6.45) is -0.795. The Labute approximate surface area is 150 Å². The normalized spacial score (nSPS) is 12.0. The van der Waals surface area contributed by atoms with E-state index in [4.69, 9.17) is 11.6 Å². The highest BCUT2D eigenvalue weighted by atomic mass is 35.5. The van der Waals surface area contributed by atoms with Gasteiger partial charge in [0.25, 0.3) is 5.91 Å². The van der Waals surface area contributed by atoms with Gasteiger partial charge in [0, 0.05) is 6.54 Å². The van der Waals surface area contributed by atoms with Gasteiger partial charge in [-0.25, -0.2) is 9.67 Å². The Morgan fingerprint density at radius 3 is 2.60 bits per heavy atom. The first kappa shape index (κ1) is 17.1. The lowest BCUT2D eigenvalue weighted by atomic mass is 10.1. The van der Waals surface area contributed by atoms with Crippen molar-refractivity contribution in [2.24, 2.45) is 0 Å². The van der Waals surface area contributed by atoms with E-state index in [0.29, 0.717) is 16.5 Å². The van der Waals surface area contributed by atoms with Gasteiger partial charge in [-0.1, -0.05) is 54.1 Å². The van der Waals surface area contributed by atoms with Gasteiger partial charge >= 0.3 is 0 Å². The highest BCUT2D eigenvalue weighted by molar-refractivity contribution is 6.32. The van der Waals surface area contributed by atoms with Gasteiger partial charge in [-0.05, 0) is 24.6 Å². The molecule has 0 aliphatic heterocycles. The number of amides is 1. The minimum Gasteiger partial charge on any atom is -0.387 e. The minimum absolute atomic E-state index is 0.0256. The SMILES string of the molecule is Cc1nc(C(=O)NC[C@@H](O)c2ccccc2)nn1-c1ccccc1Cl. The molecule has 6 nitrogen and oxygen atoms in total. The topological polar surface area (TPSA) is 80.0 Å². The van der Waals surface area contributed by atoms with Crippen LogP contribution in [-0.4, -0.2) is 32.3 Å². The molecule has 1 amide bonds. The zero-order chi connectivity index (χ0) is 17.8. The van der Waals surface area contributed by atoms with Crippen molar-refractivity contribution in [1.29, 1.82) is 0 Å². The Bertz CT molecular complexity index is 880. The van der Waals surface area contributed by atoms with E-state index < -0.39 is 12.0 Å². The fraction of sp³-hybridized carbons (Fsp3) is 0.167. The smallest absolute Gasteiger partial charge is 0.291 e. The Morgan fingerprint density at radius 1 is 1.20 bits per heavy atom. The largest absolute Gasteiger partial charge is 0.387 e. The summed E-state index contributed by atoms with van der Waals surface area (Å²) < 4.78 is 1.52. The van der Waals surface area contributed by atoms with Crippen LogP contribution in [0.2, 0.25) is 5.02 Å². The molecule has 1 atom stereocenters. The molecule has 1 aromatic heterocycles. The molecule has 7 heteroatoms. The standard InChI is InChI=1S/C18H17ClN4O2/c1-12-21-17(22-23(12)15-10-6-5-9-14(15)19)18(25)20-11-16(24)13-7-3-2-4-8-13/h2-10,16,24H,11H2,1H3,(H,20,25)/t16-/m1/s1. The summed E-state index contributed by atoms with van der Waals surface area (Å²) in [6.45, 7) is 1.81. The van der Waals surface area contributed by atoms with Crippen LogP contribution in [-0.2, 0) is 0 Å². The molecule has 0 saturated heterocycles. The number of carbonyl (C=O) groups is 1. The van der Waals surface area contributed by atoms with Gasteiger partial charge in [0.05, 0.1) is 16.8 Å². The first-order chi connectivity index (χ1) is 12.1. The lowest BCUT2D eigenvalue weighted by Crippen LogP contribution is -2.29. The number of aromatic nitrogens is 3. The van der Waals surface area contributed by atoms with Crippen LogP contribution >= 0.6 is 11.6 Å². The van der Waals surface area contributed by atoms with Gasteiger partial charge in [-0.3, -0.25) is 4.79 Å². The first-order valence-electron chi connectivity index (χ1n) is 7.76. The quantitative estimate of drug-likeness (QED) is 0.736. The van der Waals surface area contributed by atoms with Crippen LogP contribution in [0.5, 0.6) is 0 Å². The number of nitrogens with zero attached hydrogens (tertiary/aromatic N) is 3. The molecule has 0 fully saturated rings. The molecule has 0 bridgehead atoms. The molecule has 0 unspecified atom stereocenters. The van der Waals surface area contributed by atoms with E-state index in [9.17, 15) is 9.90 Å². The third kappa shape index (κ3) is 3.87. The number of carbonyl (C=O) groups excluding carboxylic acids is 1. The second-order valence-electron chi connectivity index (χ2n) is 5.48. The Morgan fingerprint density at radius 2 is 1.88 bits per heavy atom. The maximum atomic E-state index is 12.3. The fourth-order valence-electron chi connectivity index (χ4n) is 2.40. The predicted molar refractivity (Wildman–Crippen MR) is 94.8 cm³/mol. The molecule has 0 saturated carbocycles. The Hall–Kier alpha value is -2.70. The number of rotatable bonds is 5. The van der Waals surface area contributed by atoms with Crippen molar-refractivity contribution < 1.29 is 9.90 Å². The summed E-state index contributed by atoms with van der Waals surface area (Å²) >= 11 is 6.17. The van der Waals surface area contributed by atoms with Gasteiger partial charge in [-0.15, -0.1) is 5.10 Å². The van der Waals surface area contributed by atoms with Gasteiger partial charge in [0.2, 0.25) is 5.82 Å². The van der Waals surface area contributed by atoms with E-state index in [1.54, 1.807) is 31.2 Å². The number of benzene rings is 2. The van der Waals surface area contributed by atoms with Crippen LogP contribution in [0.25, 0.3) is 5.69 Å². The molecule has 25 heavy (non-hydrogen) atoms. The summed E-state index contributed by atoms with van der Waals surface area (Å²) in [7, 11) is 0. The lowest BCUT2D eigenvalue weighted by molar-refractivity contribution is 0.0906. The Balaban J connectivity index is 1.71. The minimum atomic E-state index is -0.795. The average molecular weight is 357 g/mol. The molecule has 2 aromatic carbocycles. The highest BCUT2D eigenvalue weighted by Gasteiger charge is 2.17. The number of nitrogens with one attached hydrogen (secondary N) is 1. The third-order valence-electron chi connectivity index (χ3n) is 3.69. The van der Waals surface area contributed by atoms with Crippen molar-refractivity contribution in [2.75, 3.05) is 6.54 Å². The summed E-state index contributed by atoms with van der Waals surface area (Å²) in [6, 6.07) is 16.3. The van der Waals surface area contributed by atoms with Crippen LogP contribution in [0.4, 0.5) is 0 Å².